The zero-order valence-electron chi connectivity index (χ0n) is 13.5. The molecule has 2 rings (SSSR count). The molecule has 1 fully saturated rings. The highest BCUT2D eigenvalue weighted by molar-refractivity contribution is 5.68. The molecule has 0 N–H and O–H groups in total. The smallest absolute Gasteiger partial charge is 0.433 e. The highest BCUT2D eigenvalue weighted by Crippen LogP contribution is 2.28. The van der Waals surface area contributed by atoms with E-state index in [0.717, 1.165) is 12.5 Å². The van der Waals surface area contributed by atoms with Crippen molar-refractivity contribution in [1.29, 1.82) is 0 Å². The number of amides is 1. The molecule has 1 saturated heterocycles. The molecule has 1 atom stereocenters. The number of hydrogen-bond donors (Lipinski definition) is 0. The van der Waals surface area contributed by atoms with Crippen molar-refractivity contribution in [2.24, 2.45) is 5.92 Å². The number of alkyl halides is 3. The van der Waals surface area contributed by atoms with Gasteiger partial charge in [0.2, 0.25) is 0 Å². The lowest BCUT2D eigenvalue weighted by molar-refractivity contribution is -0.141. The van der Waals surface area contributed by atoms with E-state index < -0.39 is 17.5 Å². The Labute approximate surface area is 133 Å². The summed E-state index contributed by atoms with van der Waals surface area (Å²) >= 11 is 0. The number of rotatable bonds is 2. The molecule has 0 unspecified atom stereocenters. The fraction of sp³-hybridized carbons (Fsp3) is 0.625. The van der Waals surface area contributed by atoms with E-state index in [1.54, 1.807) is 31.7 Å². The van der Waals surface area contributed by atoms with Crippen LogP contribution in [0.5, 0.6) is 0 Å². The van der Waals surface area contributed by atoms with Crippen LogP contribution in [0, 0.1) is 5.92 Å². The predicted octanol–water partition coefficient (Wildman–Crippen LogP) is 3.90. The van der Waals surface area contributed by atoms with Crippen LogP contribution in [-0.4, -0.2) is 34.7 Å². The van der Waals surface area contributed by atoms with Crippen LogP contribution in [0.15, 0.2) is 18.2 Å². The molecule has 1 aliphatic rings. The second kappa shape index (κ2) is 6.37. The lowest BCUT2D eigenvalue weighted by Gasteiger charge is -2.24. The monoisotopic (exact) mass is 330 g/mol. The van der Waals surface area contributed by atoms with Gasteiger partial charge in [-0.25, -0.2) is 9.78 Å². The number of pyridine rings is 1. The first-order valence-corrected chi connectivity index (χ1v) is 7.55. The number of carbonyl (C=O) groups is 1. The molecule has 1 aliphatic heterocycles. The topological polar surface area (TPSA) is 42.4 Å². The van der Waals surface area contributed by atoms with Crippen LogP contribution < -0.4 is 0 Å². The molecule has 0 radical (unpaired) electrons. The fourth-order valence-electron chi connectivity index (χ4n) is 2.54. The third kappa shape index (κ3) is 5.11. The standard InChI is InChI=1S/C16H21F3N2O2/c1-15(2,3)23-14(22)21-8-7-11(10-21)9-12-5-4-6-13(20-12)16(17,18)19/h4-6,11H,7-10H2,1-3H3/t11-/m1/s1. The van der Waals surface area contributed by atoms with Gasteiger partial charge in [0.25, 0.3) is 0 Å². The Morgan fingerprint density at radius 1 is 1.35 bits per heavy atom. The Bertz CT molecular complexity index is 567. The van der Waals surface area contributed by atoms with Crippen LogP contribution in [0.3, 0.4) is 0 Å². The van der Waals surface area contributed by atoms with Crippen LogP contribution in [0.4, 0.5) is 18.0 Å². The van der Waals surface area contributed by atoms with Gasteiger partial charge in [0, 0.05) is 18.8 Å². The highest BCUT2D eigenvalue weighted by Gasteiger charge is 2.33. The van der Waals surface area contributed by atoms with E-state index in [0.29, 0.717) is 25.2 Å². The Morgan fingerprint density at radius 3 is 2.65 bits per heavy atom. The molecule has 1 amide bonds. The molecule has 0 saturated carbocycles. The van der Waals surface area contributed by atoms with Gasteiger partial charge in [-0.3, -0.25) is 0 Å². The van der Waals surface area contributed by atoms with Crippen molar-refractivity contribution in [2.45, 2.75) is 45.4 Å². The molecule has 1 aromatic rings. The second-order valence-electron chi connectivity index (χ2n) is 6.80. The Morgan fingerprint density at radius 2 is 2.04 bits per heavy atom. The normalized spacial score (nSPS) is 19.0. The van der Waals surface area contributed by atoms with Crippen LogP contribution in [0.2, 0.25) is 0 Å². The van der Waals surface area contributed by atoms with E-state index in [-0.39, 0.29) is 12.0 Å². The number of halogens is 3. The summed E-state index contributed by atoms with van der Waals surface area (Å²) in [5.74, 6) is 0.0958. The third-order valence-electron chi connectivity index (χ3n) is 3.53. The van der Waals surface area contributed by atoms with Crippen molar-refractivity contribution < 1.29 is 22.7 Å². The van der Waals surface area contributed by atoms with E-state index in [1.807, 2.05) is 0 Å². The van der Waals surface area contributed by atoms with Gasteiger partial charge < -0.3 is 9.64 Å². The maximum absolute atomic E-state index is 12.7. The summed E-state index contributed by atoms with van der Waals surface area (Å²) in [5, 5.41) is 0. The molecule has 0 spiro atoms. The molecular formula is C16H21F3N2O2. The Balaban J connectivity index is 1.95. The minimum Gasteiger partial charge on any atom is -0.444 e. The van der Waals surface area contributed by atoms with Gasteiger partial charge in [-0.15, -0.1) is 0 Å². The maximum atomic E-state index is 12.7. The van der Waals surface area contributed by atoms with Crippen molar-refractivity contribution in [2.75, 3.05) is 13.1 Å². The Hall–Kier alpha value is -1.79. The molecule has 0 aliphatic carbocycles. The van der Waals surface area contributed by atoms with E-state index in [9.17, 15) is 18.0 Å². The van der Waals surface area contributed by atoms with Crippen molar-refractivity contribution in [3.8, 4) is 0 Å². The molecular weight excluding hydrogens is 309 g/mol. The summed E-state index contributed by atoms with van der Waals surface area (Å²) in [6.07, 6.45) is -3.66. The molecule has 128 valence electrons. The van der Waals surface area contributed by atoms with Gasteiger partial charge in [0.05, 0.1) is 0 Å². The number of likely N-dealkylation sites (tertiary alicyclic amines) is 1. The predicted molar refractivity (Wildman–Crippen MR) is 78.9 cm³/mol. The fourth-order valence-corrected chi connectivity index (χ4v) is 2.54. The van der Waals surface area contributed by atoms with Crippen molar-refractivity contribution >= 4 is 6.09 Å². The molecule has 1 aromatic heterocycles. The summed E-state index contributed by atoms with van der Waals surface area (Å²) in [4.78, 5) is 17.3. The quantitative estimate of drug-likeness (QED) is 0.826. The SMILES string of the molecule is CC(C)(C)OC(=O)N1CC[C@H](Cc2cccc(C(F)(F)F)n2)C1. The van der Waals surface area contributed by atoms with Gasteiger partial charge in [-0.1, -0.05) is 6.07 Å². The van der Waals surface area contributed by atoms with E-state index in [2.05, 4.69) is 4.98 Å². The number of nitrogens with zero attached hydrogens (tertiary/aromatic N) is 2. The Kier molecular flexibility index (Phi) is 4.87. The first-order chi connectivity index (χ1) is 10.5. The summed E-state index contributed by atoms with van der Waals surface area (Å²) in [5.41, 5.74) is -1.04. The van der Waals surface area contributed by atoms with Gasteiger partial charge in [0.15, 0.2) is 0 Å². The van der Waals surface area contributed by atoms with Crippen LogP contribution in [0.25, 0.3) is 0 Å². The minimum absolute atomic E-state index is 0.0958. The van der Waals surface area contributed by atoms with Crippen molar-refractivity contribution in [3.05, 3.63) is 29.6 Å². The molecule has 0 aromatic carbocycles. The van der Waals surface area contributed by atoms with Gasteiger partial charge in [-0.2, -0.15) is 13.2 Å². The van der Waals surface area contributed by atoms with Crippen molar-refractivity contribution in [3.63, 3.8) is 0 Å². The van der Waals surface area contributed by atoms with Gasteiger partial charge in [0.1, 0.15) is 11.3 Å². The first-order valence-electron chi connectivity index (χ1n) is 7.55. The van der Waals surface area contributed by atoms with Crippen LogP contribution in [-0.2, 0) is 17.3 Å². The third-order valence-corrected chi connectivity index (χ3v) is 3.53. The average Bonchev–Trinajstić information content (AvgIpc) is 2.85. The molecule has 7 heteroatoms. The largest absolute Gasteiger partial charge is 0.444 e. The zero-order chi connectivity index (χ0) is 17.3. The maximum Gasteiger partial charge on any atom is 0.433 e. The molecule has 4 nitrogen and oxygen atoms in total. The van der Waals surface area contributed by atoms with Crippen LogP contribution >= 0.6 is 0 Å². The van der Waals surface area contributed by atoms with E-state index in [1.165, 1.54) is 6.07 Å². The average molecular weight is 330 g/mol. The number of aromatic nitrogens is 1. The summed E-state index contributed by atoms with van der Waals surface area (Å²) < 4.78 is 43.3. The summed E-state index contributed by atoms with van der Waals surface area (Å²) in [6.45, 7) is 6.42. The van der Waals surface area contributed by atoms with E-state index in [4.69, 9.17) is 4.74 Å². The van der Waals surface area contributed by atoms with Crippen LogP contribution in [0.1, 0.15) is 38.6 Å². The second-order valence-corrected chi connectivity index (χ2v) is 6.80. The first kappa shape index (κ1) is 17.6. The number of carbonyl (C=O) groups excluding carboxylic acids is 1. The summed E-state index contributed by atoms with van der Waals surface area (Å²) in [7, 11) is 0. The lowest BCUT2D eigenvalue weighted by atomic mass is 10.0. The molecule has 0 bridgehead atoms. The lowest BCUT2D eigenvalue weighted by Crippen LogP contribution is -2.35. The number of ether oxygens (including phenoxy) is 1. The number of hydrogen-bond acceptors (Lipinski definition) is 3. The summed E-state index contributed by atoms with van der Waals surface area (Å²) in [6, 6.07) is 3.92. The molecule has 23 heavy (non-hydrogen) atoms. The van der Waals surface area contributed by atoms with Gasteiger partial charge in [-0.05, 0) is 51.7 Å². The zero-order valence-corrected chi connectivity index (χ0v) is 13.5. The van der Waals surface area contributed by atoms with Gasteiger partial charge >= 0.3 is 12.3 Å². The highest BCUT2D eigenvalue weighted by atomic mass is 19.4. The van der Waals surface area contributed by atoms with Crippen molar-refractivity contribution in [1.82, 2.24) is 9.88 Å². The molecule has 2 heterocycles. The minimum atomic E-state index is -4.44. The van der Waals surface area contributed by atoms with E-state index >= 15 is 0 Å².